The average Bonchev–Trinajstić information content (AvgIpc) is 2.35. The van der Waals surface area contributed by atoms with Crippen LogP contribution in [0.2, 0.25) is 0 Å². The third-order valence-electron chi connectivity index (χ3n) is 4.66. The quantitative estimate of drug-likeness (QED) is 0.835. The van der Waals surface area contributed by atoms with Gasteiger partial charge in [0, 0.05) is 26.3 Å². The normalized spacial score (nSPS) is 35.0. The lowest BCUT2D eigenvalue weighted by Crippen LogP contribution is -2.39. The molecule has 3 nitrogen and oxygen atoms in total. The van der Waals surface area contributed by atoms with E-state index in [1.165, 1.54) is 32.2 Å². The van der Waals surface area contributed by atoms with Gasteiger partial charge in [0.2, 0.25) is 0 Å². The minimum atomic E-state index is -0.0710. The zero-order valence-electron chi connectivity index (χ0n) is 12.0. The maximum absolute atomic E-state index is 10.1. The van der Waals surface area contributed by atoms with E-state index in [0.29, 0.717) is 5.92 Å². The summed E-state index contributed by atoms with van der Waals surface area (Å²) in [6.07, 6.45) is 5.72. The minimum absolute atomic E-state index is 0.0710. The molecule has 3 unspecified atom stereocenters. The second-order valence-electron chi connectivity index (χ2n) is 6.52. The summed E-state index contributed by atoms with van der Waals surface area (Å²) in [5.74, 6) is 2.07. The van der Waals surface area contributed by atoms with Gasteiger partial charge in [-0.15, -0.1) is 0 Å². The molecule has 0 aromatic heterocycles. The van der Waals surface area contributed by atoms with Gasteiger partial charge in [-0.05, 0) is 56.9 Å². The topological polar surface area (TPSA) is 32.7 Å². The first-order valence-electron chi connectivity index (χ1n) is 7.59. The van der Waals surface area contributed by atoms with Gasteiger partial charge in [-0.25, -0.2) is 0 Å². The lowest BCUT2D eigenvalue weighted by molar-refractivity contribution is 0.0225. The molecule has 0 spiro atoms. The number of hydrogen-bond acceptors (Lipinski definition) is 3. The standard InChI is InChI=1S/C15H29NO2/c1-12-3-4-15(17)14(9-12)11-16(2)10-13-5-7-18-8-6-13/h12-15,17H,3-11H2,1-2H3. The molecule has 2 fully saturated rings. The van der Waals surface area contributed by atoms with E-state index in [0.717, 1.165) is 38.0 Å². The van der Waals surface area contributed by atoms with E-state index < -0.39 is 0 Å². The molecule has 0 amide bonds. The average molecular weight is 255 g/mol. The maximum Gasteiger partial charge on any atom is 0.0580 e. The first kappa shape index (κ1) is 14.3. The highest BCUT2D eigenvalue weighted by atomic mass is 16.5. The summed E-state index contributed by atoms with van der Waals surface area (Å²) in [7, 11) is 2.21. The molecule has 3 atom stereocenters. The number of rotatable bonds is 4. The molecule has 18 heavy (non-hydrogen) atoms. The van der Waals surface area contributed by atoms with Gasteiger partial charge in [0.15, 0.2) is 0 Å². The van der Waals surface area contributed by atoms with Gasteiger partial charge in [-0.2, -0.15) is 0 Å². The molecular weight excluding hydrogens is 226 g/mol. The fourth-order valence-corrected chi connectivity index (χ4v) is 3.52. The number of ether oxygens (including phenoxy) is 1. The largest absolute Gasteiger partial charge is 0.393 e. The highest BCUT2D eigenvalue weighted by Crippen LogP contribution is 2.29. The minimum Gasteiger partial charge on any atom is -0.393 e. The summed E-state index contributed by atoms with van der Waals surface area (Å²) >= 11 is 0. The summed E-state index contributed by atoms with van der Waals surface area (Å²) in [5, 5.41) is 10.1. The number of hydrogen-bond donors (Lipinski definition) is 1. The van der Waals surface area contributed by atoms with Crippen LogP contribution in [-0.4, -0.2) is 49.5 Å². The van der Waals surface area contributed by atoms with E-state index in [2.05, 4.69) is 18.9 Å². The predicted octanol–water partition coefficient (Wildman–Crippen LogP) is 2.14. The summed E-state index contributed by atoms with van der Waals surface area (Å²) in [6, 6.07) is 0. The fraction of sp³-hybridized carbons (Fsp3) is 1.00. The molecule has 0 aromatic rings. The van der Waals surface area contributed by atoms with Crippen molar-refractivity contribution in [2.75, 3.05) is 33.4 Å². The third-order valence-corrected chi connectivity index (χ3v) is 4.66. The van der Waals surface area contributed by atoms with Crippen molar-refractivity contribution in [1.29, 1.82) is 0 Å². The van der Waals surface area contributed by atoms with E-state index in [1.807, 2.05) is 0 Å². The Morgan fingerprint density at radius 2 is 1.83 bits per heavy atom. The van der Waals surface area contributed by atoms with Crippen LogP contribution in [0.1, 0.15) is 39.0 Å². The molecule has 1 aliphatic heterocycles. The summed E-state index contributed by atoms with van der Waals surface area (Å²) in [5.41, 5.74) is 0. The Labute approximate surface area is 112 Å². The molecule has 106 valence electrons. The van der Waals surface area contributed by atoms with E-state index >= 15 is 0 Å². The van der Waals surface area contributed by atoms with Crippen LogP contribution in [0.25, 0.3) is 0 Å². The van der Waals surface area contributed by atoms with Crippen LogP contribution in [0.3, 0.4) is 0 Å². The first-order valence-corrected chi connectivity index (χ1v) is 7.59. The van der Waals surface area contributed by atoms with Crippen molar-refractivity contribution >= 4 is 0 Å². The Morgan fingerprint density at radius 1 is 1.11 bits per heavy atom. The highest BCUT2D eigenvalue weighted by molar-refractivity contribution is 4.80. The van der Waals surface area contributed by atoms with E-state index in [1.54, 1.807) is 0 Å². The summed E-state index contributed by atoms with van der Waals surface area (Å²) < 4.78 is 5.40. The molecule has 1 saturated carbocycles. The van der Waals surface area contributed by atoms with E-state index in [-0.39, 0.29) is 6.10 Å². The molecule has 1 heterocycles. The Bertz CT molecular complexity index is 241. The molecular formula is C15H29NO2. The van der Waals surface area contributed by atoms with Crippen LogP contribution in [0.5, 0.6) is 0 Å². The summed E-state index contributed by atoms with van der Waals surface area (Å²) in [6.45, 7) is 6.41. The molecule has 2 rings (SSSR count). The Morgan fingerprint density at radius 3 is 2.56 bits per heavy atom. The van der Waals surface area contributed by atoms with Crippen LogP contribution < -0.4 is 0 Å². The predicted molar refractivity (Wildman–Crippen MR) is 73.6 cm³/mol. The lowest BCUT2D eigenvalue weighted by Gasteiger charge is -2.35. The van der Waals surface area contributed by atoms with E-state index in [9.17, 15) is 5.11 Å². The van der Waals surface area contributed by atoms with Crippen molar-refractivity contribution in [3.63, 3.8) is 0 Å². The monoisotopic (exact) mass is 255 g/mol. The Hall–Kier alpha value is -0.120. The van der Waals surface area contributed by atoms with Gasteiger partial charge in [0.25, 0.3) is 0 Å². The van der Waals surface area contributed by atoms with Crippen LogP contribution in [0.15, 0.2) is 0 Å². The first-order chi connectivity index (χ1) is 8.65. The maximum atomic E-state index is 10.1. The second kappa shape index (κ2) is 6.88. The number of aliphatic hydroxyl groups excluding tert-OH is 1. The SMILES string of the molecule is CC1CCC(O)C(CN(C)CC2CCOCC2)C1. The molecule has 1 aliphatic carbocycles. The van der Waals surface area contributed by atoms with Crippen LogP contribution in [-0.2, 0) is 4.74 Å². The van der Waals surface area contributed by atoms with Gasteiger partial charge < -0.3 is 14.7 Å². The fourth-order valence-electron chi connectivity index (χ4n) is 3.52. The zero-order valence-corrected chi connectivity index (χ0v) is 12.0. The molecule has 1 N–H and O–H groups in total. The van der Waals surface area contributed by atoms with Crippen molar-refractivity contribution in [2.45, 2.75) is 45.1 Å². The molecule has 1 saturated heterocycles. The van der Waals surface area contributed by atoms with Gasteiger partial charge in [0.1, 0.15) is 0 Å². The van der Waals surface area contributed by atoms with Crippen molar-refractivity contribution in [2.24, 2.45) is 17.8 Å². The molecule has 0 bridgehead atoms. The van der Waals surface area contributed by atoms with Gasteiger partial charge in [-0.1, -0.05) is 6.92 Å². The Balaban J connectivity index is 1.73. The number of nitrogens with zero attached hydrogens (tertiary/aromatic N) is 1. The van der Waals surface area contributed by atoms with Crippen LogP contribution >= 0.6 is 0 Å². The van der Waals surface area contributed by atoms with Crippen molar-refractivity contribution in [3.8, 4) is 0 Å². The van der Waals surface area contributed by atoms with Gasteiger partial charge in [0.05, 0.1) is 6.10 Å². The highest BCUT2D eigenvalue weighted by Gasteiger charge is 2.28. The van der Waals surface area contributed by atoms with Crippen LogP contribution in [0, 0.1) is 17.8 Å². The Kier molecular flexibility index (Phi) is 5.46. The molecule has 0 radical (unpaired) electrons. The lowest BCUT2D eigenvalue weighted by atomic mass is 9.80. The van der Waals surface area contributed by atoms with Crippen molar-refractivity contribution in [1.82, 2.24) is 4.90 Å². The van der Waals surface area contributed by atoms with Crippen molar-refractivity contribution < 1.29 is 9.84 Å². The van der Waals surface area contributed by atoms with Gasteiger partial charge >= 0.3 is 0 Å². The van der Waals surface area contributed by atoms with Crippen molar-refractivity contribution in [3.05, 3.63) is 0 Å². The molecule has 0 aromatic carbocycles. The van der Waals surface area contributed by atoms with Crippen LogP contribution in [0.4, 0.5) is 0 Å². The molecule has 3 heteroatoms. The third kappa shape index (κ3) is 4.22. The number of aliphatic hydroxyl groups is 1. The smallest absolute Gasteiger partial charge is 0.0580 e. The second-order valence-corrected chi connectivity index (χ2v) is 6.52. The van der Waals surface area contributed by atoms with E-state index in [4.69, 9.17) is 4.74 Å². The zero-order chi connectivity index (χ0) is 13.0. The molecule has 2 aliphatic rings. The van der Waals surface area contributed by atoms with Gasteiger partial charge in [-0.3, -0.25) is 0 Å². The summed E-state index contributed by atoms with van der Waals surface area (Å²) in [4.78, 5) is 2.43.